The van der Waals surface area contributed by atoms with Crippen molar-refractivity contribution in [3.63, 3.8) is 0 Å². The van der Waals surface area contributed by atoms with E-state index >= 15 is 0 Å². The Hall–Kier alpha value is -4.66. The molecule has 47 heavy (non-hydrogen) atoms. The third-order valence-electron chi connectivity index (χ3n) is 7.10. The first-order chi connectivity index (χ1) is 21.9. The van der Waals surface area contributed by atoms with Gasteiger partial charge in [-0.2, -0.15) is 0 Å². The van der Waals surface area contributed by atoms with Gasteiger partial charge >= 0.3 is 11.9 Å². The molecule has 5 amide bonds. The van der Waals surface area contributed by atoms with Gasteiger partial charge in [-0.3, -0.25) is 28.8 Å². The summed E-state index contributed by atoms with van der Waals surface area (Å²) in [5, 5.41) is 58.8. The zero-order valence-corrected chi connectivity index (χ0v) is 26.3. The molecule has 0 saturated heterocycles. The summed E-state index contributed by atoms with van der Waals surface area (Å²) in [5.74, 6) is -8.90. The molecule has 1 aromatic rings. The number of rotatable bonds is 20. The van der Waals surface area contributed by atoms with Crippen molar-refractivity contribution in [2.75, 3.05) is 6.61 Å². The van der Waals surface area contributed by atoms with Crippen molar-refractivity contribution < 1.29 is 59.1 Å². The van der Waals surface area contributed by atoms with Crippen molar-refractivity contribution in [2.24, 2.45) is 11.7 Å². The van der Waals surface area contributed by atoms with Crippen LogP contribution in [0.2, 0.25) is 0 Å². The van der Waals surface area contributed by atoms with Crippen molar-refractivity contribution >= 4 is 41.5 Å². The van der Waals surface area contributed by atoms with Crippen LogP contribution in [0.25, 0.3) is 0 Å². The standard InChI is InChI=1S/C27H44N8O12/c1-5-11(2)20(25(44)33-17(9-36)27(46)47)34-23(42)15(6-14-8-29-10-30-14)31-22(41)16(7-18(39)40)32-26(45)21(13(4)38)35-24(43)19(28)12(3)37/h8,10-13,15-17,19-21,36-38H,5-7,9,28H2,1-4H3,(H,29,30)(H,31,41)(H,32,45)(H,33,44)(H,34,42)(H,35,43)(H,39,40)(H,46,47)/t11-,12+,13+,15-,16-,17-,19-,20-,21-/m0/s1. The van der Waals surface area contributed by atoms with Crippen LogP contribution in [0.3, 0.4) is 0 Å². The van der Waals surface area contributed by atoms with Gasteiger partial charge in [0.1, 0.15) is 36.3 Å². The van der Waals surface area contributed by atoms with Crippen LogP contribution in [-0.4, -0.2) is 132 Å². The molecule has 1 rings (SSSR count). The average Bonchev–Trinajstić information content (AvgIpc) is 3.51. The topological polar surface area (TPSA) is 335 Å². The molecule has 0 fully saturated rings. The minimum absolute atomic E-state index is 0.266. The Labute approximate surface area is 269 Å². The van der Waals surface area contributed by atoms with Crippen molar-refractivity contribution in [3.05, 3.63) is 18.2 Å². The quantitative estimate of drug-likeness (QED) is 0.0618. The number of aliphatic hydroxyl groups is 3. The summed E-state index contributed by atoms with van der Waals surface area (Å²) < 4.78 is 0. The first kappa shape index (κ1) is 40.4. The highest BCUT2D eigenvalue weighted by molar-refractivity contribution is 5.97. The molecule has 0 spiro atoms. The monoisotopic (exact) mass is 672 g/mol. The fourth-order valence-corrected chi connectivity index (χ4v) is 4.02. The molecule has 0 aliphatic heterocycles. The summed E-state index contributed by atoms with van der Waals surface area (Å²) in [6.07, 6.45) is -1.21. The van der Waals surface area contributed by atoms with E-state index in [1.165, 1.54) is 19.4 Å². The number of aromatic nitrogens is 2. The predicted molar refractivity (Wildman–Crippen MR) is 160 cm³/mol. The van der Waals surface area contributed by atoms with Crippen molar-refractivity contribution in [1.29, 1.82) is 0 Å². The van der Waals surface area contributed by atoms with Gasteiger partial charge in [-0.05, 0) is 19.8 Å². The molecule has 20 heteroatoms. The lowest BCUT2D eigenvalue weighted by Gasteiger charge is -2.28. The van der Waals surface area contributed by atoms with Crippen LogP contribution >= 0.6 is 0 Å². The van der Waals surface area contributed by atoms with Crippen LogP contribution in [-0.2, 0) is 40.0 Å². The number of aliphatic hydroxyl groups excluding tert-OH is 3. The minimum Gasteiger partial charge on any atom is -0.481 e. The molecule has 0 radical (unpaired) electrons. The molecule has 13 N–H and O–H groups in total. The van der Waals surface area contributed by atoms with E-state index in [0.29, 0.717) is 12.1 Å². The van der Waals surface area contributed by atoms with E-state index in [2.05, 4.69) is 36.6 Å². The fraction of sp³-hybridized carbons (Fsp3) is 0.630. The summed E-state index contributed by atoms with van der Waals surface area (Å²) >= 11 is 0. The molecule has 1 heterocycles. The van der Waals surface area contributed by atoms with E-state index in [0.717, 1.165) is 6.92 Å². The maximum Gasteiger partial charge on any atom is 0.328 e. The SMILES string of the molecule is CC[C@H](C)[C@H](NC(=O)[C@H](Cc1cnc[nH]1)NC(=O)[C@H](CC(=O)O)NC(=O)[C@@H](NC(=O)[C@@H](N)[C@@H](C)O)[C@@H](C)O)C(=O)N[C@@H](CO)C(=O)O. The molecule has 264 valence electrons. The minimum atomic E-state index is -1.85. The van der Waals surface area contributed by atoms with Crippen LogP contribution in [0.15, 0.2) is 12.5 Å². The average molecular weight is 673 g/mol. The number of aromatic amines is 1. The Morgan fingerprint density at radius 2 is 1.32 bits per heavy atom. The van der Waals surface area contributed by atoms with E-state index in [9.17, 15) is 59.1 Å². The van der Waals surface area contributed by atoms with Crippen LogP contribution in [0.4, 0.5) is 0 Å². The third-order valence-corrected chi connectivity index (χ3v) is 7.10. The number of nitrogens with one attached hydrogen (secondary N) is 6. The largest absolute Gasteiger partial charge is 0.481 e. The maximum absolute atomic E-state index is 13.5. The van der Waals surface area contributed by atoms with Crippen LogP contribution in [0.1, 0.15) is 46.2 Å². The van der Waals surface area contributed by atoms with E-state index in [1.54, 1.807) is 13.8 Å². The van der Waals surface area contributed by atoms with Crippen molar-refractivity contribution in [1.82, 2.24) is 36.6 Å². The van der Waals surface area contributed by atoms with E-state index in [-0.39, 0.29) is 6.42 Å². The summed E-state index contributed by atoms with van der Waals surface area (Å²) in [5.41, 5.74) is 5.89. The zero-order chi connectivity index (χ0) is 36.0. The summed E-state index contributed by atoms with van der Waals surface area (Å²) in [6.45, 7) is 4.70. The zero-order valence-electron chi connectivity index (χ0n) is 26.3. The molecule has 9 atom stereocenters. The second-order valence-electron chi connectivity index (χ2n) is 10.9. The van der Waals surface area contributed by atoms with Gasteiger partial charge in [-0.15, -0.1) is 0 Å². The third kappa shape index (κ3) is 12.9. The predicted octanol–water partition coefficient (Wildman–Crippen LogP) is -4.94. The molecule has 0 saturated carbocycles. The number of carbonyl (C=O) groups is 7. The normalized spacial score (nSPS) is 16.9. The lowest BCUT2D eigenvalue weighted by molar-refractivity contribution is -0.143. The maximum atomic E-state index is 13.5. The Balaban J connectivity index is 3.31. The lowest BCUT2D eigenvalue weighted by Crippen LogP contribution is -2.62. The van der Waals surface area contributed by atoms with Crippen LogP contribution < -0.4 is 32.3 Å². The van der Waals surface area contributed by atoms with E-state index in [1.807, 2.05) is 0 Å². The number of aliphatic carboxylic acids is 2. The van der Waals surface area contributed by atoms with Gasteiger partial charge in [-0.25, -0.2) is 9.78 Å². The molecule has 1 aromatic heterocycles. The molecule has 20 nitrogen and oxygen atoms in total. The molecule has 0 aromatic carbocycles. The summed E-state index contributed by atoms with van der Waals surface area (Å²) in [6, 6.07) is -9.58. The van der Waals surface area contributed by atoms with Gasteiger partial charge in [0.05, 0.1) is 31.6 Å². The number of hydrogen-bond donors (Lipinski definition) is 12. The number of nitrogens with two attached hydrogens (primary N) is 1. The molecule has 0 bridgehead atoms. The highest BCUT2D eigenvalue weighted by atomic mass is 16.4. The van der Waals surface area contributed by atoms with Gasteiger partial charge in [0, 0.05) is 18.3 Å². The van der Waals surface area contributed by atoms with Gasteiger partial charge < -0.3 is 62.8 Å². The van der Waals surface area contributed by atoms with Crippen LogP contribution in [0, 0.1) is 5.92 Å². The molecule has 0 unspecified atom stereocenters. The number of imidazole rings is 1. The molecule has 0 aliphatic rings. The fourth-order valence-electron chi connectivity index (χ4n) is 4.02. The number of carboxylic acid groups (broad SMARTS) is 2. The smallest absolute Gasteiger partial charge is 0.328 e. The number of carboxylic acids is 2. The Bertz CT molecular complexity index is 1240. The van der Waals surface area contributed by atoms with Crippen molar-refractivity contribution in [2.45, 2.75) is 95.4 Å². The highest BCUT2D eigenvalue weighted by Gasteiger charge is 2.36. The van der Waals surface area contributed by atoms with E-state index < -0.39 is 109 Å². The van der Waals surface area contributed by atoms with Gasteiger partial charge in [-0.1, -0.05) is 20.3 Å². The number of hydrogen-bond acceptors (Lipinski definition) is 12. The summed E-state index contributed by atoms with van der Waals surface area (Å²) in [7, 11) is 0. The molecule has 0 aliphatic carbocycles. The summed E-state index contributed by atoms with van der Waals surface area (Å²) in [4.78, 5) is 94.7. The van der Waals surface area contributed by atoms with Gasteiger partial charge in [0.25, 0.3) is 0 Å². The van der Waals surface area contributed by atoms with Crippen LogP contribution in [0.5, 0.6) is 0 Å². The number of carbonyl (C=O) groups excluding carboxylic acids is 5. The Morgan fingerprint density at radius 3 is 1.79 bits per heavy atom. The van der Waals surface area contributed by atoms with E-state index in [4.69, 9.17) is 5.73 Å². The first-order valence-corrected chi connectivity index (χ1v) is 14.6. The number of nitrogens with zero attached hydrogens (tertiary/aromatic N) is 1. The number of H-pyrrole nitrogens is 1. The van der Waals surface area contributed by atoms with Gasteiger partial charge in [0.15, 0.2) is 0 Å². The Kier molecular flexibility index (Phi) is 16.4. The number of amides is 5. The second kappa shape index (κ2) is 19.1. The highest BCUT2D eigenvalue weighted by Crippen LogP contribution is 2.10. The Morgan fingerprint density at radius 1 is 0.787 bits per heavy atom. The first-order valence-electron chi connectivity index (χ1n) is 14.6. The van der Waals surface area contributed by atoms with Crippen molar-refractivity contribution in [3.8, 4) is 0 Å². The molecular formula is C27H44N8O12. The van der Waals surface area contributed by atoms with Gasteiger partial charge in [0.2, 0.25) is 29.5 Å². The lowest BCUT2D eigenvalue weighted by atomic mass is 9.97. The second-order valence-corrected chi connectivity index (χ2v) is 10.9. The molecular weight excluding hydrogens is 628 g/mol.